The molecule has 3 amide bonds. The molecule has 0 spiro atoms. The summed E-state index contributed by atoms with van der Waals surface area (Å²) < 4.78 is 0. The second-order valence-electron chi connectivity index (χ2n) is 7.83. The second kappa shape index (κ2) is 6.09. The first kappa shape index (κ1) is 16.5. The quantitative estimate of drug-likeness (QED) is 0.717. The summed E-state index contributed by atoms with van der Waals surface area (Å²) in [5.74, 6) is 1.25. The van der Waals surface area contributed by atoms with Gasteiger partial charge in [-0.1, -0.05) is 0 Å². The van der Waals surface area contributed by atoms with Crippen molar-refractivity contribution in [3.63, 3.8) is 0 Å². The number of hydrogen-bond donors (Lipinski definition) is 3. The van der Waals surface area contributed by atoms with E-state index >= 15 is 0 Å². The highest BCUT2D eigenvalue weighted by atomic mass is 32.1. The van der Waals surface area contributed by atoms with E-state index in [1.807, 2.05) is 0 Å². The van der Waals surface area contributed by atoms with Gasteiger partial charge in [-0.05, 0) is 56.3 Å². The van der Waals surface area contributed by atoms with E-state index in [1.165, 1.54) is 37.5 Å². The van der Waals surface area contributed by atoms with Gasteiger partial charge in [0.15, 0.2) is 5.13 Å². The molecule has 1 heterocycles. The van der Waals surface area contributed by atoms with Crippen LogP contribution in [0.4, 0.5) is 5.13 Å². The number of aromatic nitrogens is 1. The molecule has 4 saturated carbocycles. The molecule has 7 nitrogen and oxygen atoms in total. The zero-order chi connectivity index (χ0) is 17.6. The van der Waals surface area contributed by atoms with Gasteiger partial charge < -0.3 is 5.32 Å². The van der Waals surface area contributed by atoms with Crippen molar-refractivity contribution < 1.29 is 14.4 Å². The van der Waals surface area contributed by atoms with Crippen LogP contribution in [-0.2, 0) is 9.59 Å². The number of amides is 3. The predicted octanol–water partition coefficient (Wildman–Crippen LogP) is 2.08. The minimum Gasteiger partial charge on any atom is -0.302 e. The fourth-order valence-electron chi connectivity index (χ4n) is 5.28. The van der Waals surface area contributed by atoms with Crippen molar-refractivity contribution in [2.45, 2.75) is 45.4 Å². The van der Waals surface area contributed by atoms with E-state index in [2.05, 4.69) is 21.2 Å². The second-order valence-corrected chi connectivity index (χ2v) is 8.68. The van der Waals surface area contributed by atoms with E-state index < -0.39 is 5.91 Å². The normalized spacial score (nSPS) is 32.3. The van der Waals surface area contributed by atoms with Crippen molar-refractivity contribution in [2.75, 3.05) is 5.32 Å². The van der Waals surface area contributed by atoms with Crippen LogP contribution in [0.15, 0.2) is 5.38 Å². The van der Waals surface area contributed by atoms with Crippen LogP contribution < -0.4 is 16.2 Å². The molecular weight excluding hydrogens is 340 g/mol. The number of rotatable bonds is 3. The fourth-order valence-corrected chi connectivity index (χ4v) is 6.02. The third kappa shape index (κ3) is 3.15. The molecule has 25 heavy (non-hydrogen) atoms. The van der Waals surface area contributed by atoms with Gasteiger partial charge in [-0.15, -0.1) is 11.3 Å². The number of hydrazine groups is 1. The first-order chi connectivity index (χ1) is 11.9. The number of thiazole rings is 1. The van der Waals surface area contributed by atoms with Crippen molar-refractivity contribution >= 4 is 34.2 Å². The Morgan fingerprint density at radius 2 is 1.68 bits per heavy atom. The molecule has 1 aromatic rings. The molecule has 4 aliphatic rings. The number of nitrogens with one attached hydrogen (secondary N) is 3. The maximum atomic E-state index is 12.8. The maximum absolute atomic E-state index is 12.8. The molecule has 8 heteroatoms. The predicted molar refractivity (Wildman–Crippen MR) is 92.6 cm³/mol. The van der Waals surface area contributed by atoms with Crippen LogP contribution in [0.2, 0.25) is 0 Å². The highest BCUT2D eigenvalue weighted by molar-refractivity contribution is 7.14. The number of carbonyl (C=O) groups excluding carboxylic acids is 3. The first-order valence-corrected chi connectivity index (χ1v) is 9.65. The lowest BCUT2D eigenvalue weighted by molar-refractivity contribution is -0.147. The molecule has 0 atom stereocenters. The van der Waals surface area contributed by atoms with Crippen LogP contribution in [0.1, 0.15) is 55.9 Å². The third-order valence-corrected chi connectivity index (χ3v) is 6.59. The number of nitrogens with zero attached hydrogens (tertiary/aromatic N) is 1. The zero-order valence-corrected chi connectivity index (χ0v) is 14.9. The average Bonchev–Trinajstić information content (AvgIpc) is 2.98. The van der Waals surface area contributed by atoms with Crippen LogP contribution in [0.3, 0.4) is 0 Å². The van der Waals surface area contributed by atoms with Crippen molar-refractivity contribution in [2.24, 2.45) is 23.2 Å². The van der Waals surface area contributed by atoms with Gasteiger partial charge in [-0.2, -0.15) is 0 Å². The van der Waals surface area contributed by atoms with E-state index in [-0.39, 0.29) is 22.9 Å². The highest BCUT2D eigenvalue weighted by Crippen LogP contribution is 2.60. The van der Waals surface area contributed by atoms with Crippen LogP contribution in [-0.4, -0.2) is 22.7 Å². The monoisotopic (exact) mass is 362 g/mol. The Morgan fingerprint density at radius 1 is 1.08 bits per heavy atom. The van der Waals surface area contributed by atoms with Crippen molar-refractivity contribution in [1.82, 2.24) is 15.8 Å². The third-order valence-electron chi connectivity index (χ3n) is 5.83. The number of hydrogen-bond acceptors (Lipinski definition) is 5. The summed E-state index contributed by atoms with van der Waals surface area (Å²) in [6.07, 6.45) is 6.65. The molecular formula is C17H22N4O3S. The summed E-state index contributed by atoms with van der Waals surface area (Å²) in [4.78, 5) is 40.0. The van der Waals surface area contributed by atoms with Gasteiger partial charge in [-0.3, -0.25) is 25.2 Å². The summed E-state index contributed by atoms with van der Waals surface area (Å²) in [5.41, 5.74) is 4.99. The van der Waals surface area contributed by atoms with Crippen molar-refractivity contribution in [1.29, 1.82) is 0 Å². The van der Waals surface area contributed by atoms with E-state index in [1.54, 1.807) is 5.38 Å². The Labute approximate surface area is 149 Å². The first-order valence-electron chi connectivity index (χ1n) is 8.77. The van der Waals surface area contributed by atoms with Gasteiger partial charge in [0.05, 0.1) is 5.41 Å². The van der Waals surface area contributed by atoms with E-state index in [0.717, 1.165) is 19.3 Å². The number of anilines is 1. The Bertz CT molecular complexity index is 694. The zero-order valence-electron chi connectivity index (χ0n) is 14.1. The highest BCUT2D eigenvalue weighted by Gasteiger charge is 2.54. The summed E-state index contributed by atoms with van der Waals surface area (Å²) in [5, 5.41) is 4.45. The average molecular weight is 362 g/mol. The Hall–Kier alpha value is -1.96. The van der Waals surface area contributed by atoms with Gasteiger partial charge >= 0.3 is 0 Å². The molecule has 0 aromatic carbocycles. The molecule has 3 N–H and O–H groups in total. The minimum absolute atomic E-state index is 0.0581. The molecule has 0 aliphatic heterocycles. The summed E-state index contributed by atoms with van der Waals surface area (Å²) in [7, 11) is 0. The van der Waals surface area contributed by atoms with Gasteiger partial charge in [0.25, 0.3) is 5.91 Å². The summed E-state index contributed by atoms with van der Waals surface area (Å²) in [6, 6.07) is 0. The largest absolute Gasteiger partial charge is 0.302 e. The molecule has 0 unspecified atom stereocenters. The lowest BCUT2D eigenvalue weighted by Gasteiger charge is -2.55. The van der Waals surface area contributed by atoms with Crippen molar-refractivity contribution in [3.05, 3.63) is 11.1 Å². The smallest absolute Gasteiger partial charge is 0.289 e. The van der Waals surface area contributed by atoms with Crippen LogP contribution in [0.5, 0.6) is 0 Å². The molecule has 134 valence electrons. The van der Waals surface area contributed by atoms with E-state index in [0.29, 0.717) is 22.9 Å². The maximum Gasteiger partial charge on any atom is 0.289 e. The van der Waals surface area contributed by atoms with Crippen LogP contribution in [0.25, 0.3) is 0 Å². The van der Waals surface area contributed by atoms with E-state index in [4.69, 9.17) is 0 Å². The molecule has 0 radical (unpaired) electrons. The lowest BCUT2D eigenvalue weighted by Crippen LogP contribution is -2.56. The van der Waals surface area contributed by atoms with Crippen molar-refractivity contribution in [3.8, 4) is 0 Å². The molecule has 4 fully saturated rings. The van der Waals surface area contributed by atoms with Gasteiger partial charge in [-0.25, -0.2) is 4.98 Å². The standard InChI is InChI=1S/C17H22N4O3S/c1-9(22)18-16-19-13(8-25-16)14(23)20-21-15(24)17-5-10-2-11(6-17)4-12(3-10)7-17/h8,10-12H,2-7H2,1H3,(H,20,23)(H,21,24)(H,18,19,22). The molecule has 4 aliphatic carbocycles. The minimum atomic E-state index is -0.467. The molecule has 0 saturated heterocycles. The molecule has 1 aromatic heterocycles. The number of carbonyl (C=O) groups is 3. The Morgan fingerprint density at radius 3 is 2.24 bits per heavy atom. The Balaban J connectivity index is 1.36. The Kier molecular flexibility index (Phi) is 4.02. The van der Waals surface area contributed by atoms with Gasteiger partial charge in [0.1, 0.15) is 5.69 Å². The molecule has 4 bridgehead atoms. The lowest BCUT2D eigenvalue weighted by atomic mass is 9.49. The topological polar surface area (TPSA) is 100 Å². The van der Waals surface area contributed by atoms with Crippen LogP contribution >= 0.6 is 11.3 Å². The summed E-state index contributed by atoms with van der Waals surface area (Å²) >= 11 is 1.17. The SMILES string of the molecule is CC(=O)Nc1nc(C(=O)NNC(=O)C23CC4CC(CC(C4)C2)C3)cs1. The van der Waals surface area contributed by atoms with Crippen LogP contribution in [0, 0.1) is 23.2 Å². The van der Waals surface area contributed by atoms with Gasteiger partial charge in [0.2, 0.25) is 11.8 Å². The summed E-state index contributed by atoms with van der Waals surface area (Å²) in [6.45, 7) is 1.38. The molecule has 5 rings (SSSR count). The van der Waals surface area contributed by atoms with Gasteiger partial charge in [0, 0.05) is 12.3 Å². The van der Waals surface area contributed by atoms with E-state index in [9.17, 15) is 14.4 Å². The fraction of sp³-hybridized carbons (Fsp3) is 0.647.